The second-order valence-corrected chi connectivity index (χ2v) is 9.32. The lowest BCUT2D eigenvalue weighted by Crippen LogP contribution is -2.48. The normalized spacial score (nSPS) is 15.8. The number of aryl methyl sites for hydroxylation is 1. The molecule has 0 bridgehead atoms. The first kappa shape index (κ1) is 20.8. The highest BCUT2D eigenvalue weighted by Crippen LogP contribution is 2.32. The van der Waals surface area contributed by atoms with E-state index < -0.39 is 0 Å². The zero-order chi connectivity index (χ0) is 21.9. The maximum absolute atomic E-state index is 4.50. The van der Waals surface area contributed by atoms with Crippen LogP contribution in [0.2, 0.25) is 0 Å². The third-order valence-electron chi connectivity index (χ3n) is 6.39. The molecule has 7 heteroatoms. The molecule has 0 N–H and O–H groups in total. The number of benzene rings is 2. The largest absolute Gasteiger partial charge is 0.369 e. The van der Waals surface area contributed by atoms with Crippen LogP contribution in [0.3, 0.4) is 0 Å². The summed E-state index contributed by atoms with van der Waals surface area (Å²) in [6, 6.07) is 21.4. The monoisotopic (exact) mass is 444 g/mol. The van der Waals surface area contributed by atoms with Gasteiger partial charge in [0.15, 0.2) is 5.82 Å². The molecule has 5 rings (SSSR count). The van der Waals surface area contributed by atoms with Gasteiger partial charge in [-0.1, -0.05) is 48.5 Å². The van der Waals surface area contributed by atoms with Gasteiger partial charge in [-0.25, -0.2) is 4.68 Å². The summed E-state index contributed by atoms with van der Waals surface area (Å²) in [7, 11) is 0. The van der Waals surface area contributed by atoms with Crippen LogP contribution in [0.4, 0.5) is 5.69 Å². The molecular weight excluding hydrogens is 416 g/mol. The van der Waals surface area contributed by atoms with Crippen LogP contribution in [0, 0.1) is 13.8 Å². The maximum Gasteiger partial charge on any atom is 0.174 e. The van der Waals surface area contributed by atoms with E-state index in [-0.39, 0.29) is 6.04 Å². The van der Waals surface area contributed by atoms with Gasteiger partial charge in [-0.2, -0.15) is 0 Å². The Balaban J connectivity index is 1.39. The number of aromatic nitrogens is 4. The van der Waals surface area contributed by atoms with Crippen molar-refractivity contribution in [1.29, 1.82) is 0 Å². The van der Waals surface area contributed by atoms with Crippen molar-refractivity contribution in [2.24, 2.45) is 0 Å². The van der Waals surface area contributed by atoms with E-state index in [9.17, 15) is 0 Å². The van der Waals surface area contributed by atoms with Crippen LogP contribution in [0.5, 0.6) is 0 Å². The highest BCUT2D eigenvalue weighted by Gasteiger charge is 2.31. The average molecular weight is 445 g/mol. The van der Waals surface area contributed by atoms with Crippen LogP contribution < -0.4 is 4.90 Å². The van der Waals surface area contributed by atoms with E-state index in [2.05, 4.69) is 99.2 Å². The minimum atomic E-state index is 0.0643. The van der Waals surface area contributed by atoms with Gasteiger partial charge in [0.25, 0.3) is 0 Å². The number of hydrogen-bond donors (Lipinski definition) is 0. The van der Waals surface area contributed by atoms with Crippen LogP contribution in [-0.4, -0.2) is 51.3 Å². The molecule has 2 aromatic carbocycles. The molecule has 1 aliphatic heterocycles. The molecule has 0 aliphatic carbocycles. The van der Waals surface area contributed by atoms with Crippen molar-refractivity contribution < 1.29 is 0 Å². The van der Waals surface area contributed by atoms with Crippen molar-refractivity contribution >= 4 is 17.0 Å². The molecule has 0 spiro atoms. The summed E-state index contributed by atoms with van der Waals surface area (Å²) in [6.45, 7) is 9.01. The van der Waals surface area contributed by atoms with E-state index in [1.807, 2.05) is 10.7 Å². The highest BCUT2D eigenvalue weighted by atomic mass is 32.1. The zero-order valence-electron chi connectivity index (χ0n) is 18.6. The smallest absolute Gasteiger partial charge is 0.174 e. The Morgan fingerprint density at radius 3 is 2.47 bits per heavy atom. The summed E-state index contributed by atoms with van der Waals surface area (Å²) in [4.78, 5) is 6.33. The third kappa shape index (κ3) is 4.18. The molecule has 0 saturated carbocycles. The lowest BCUT2D eigenvalue weighted by Gasteiger charge is -2.40. The minimum absolute atomic E-state index is 0.0643. The summed E-state index contributed by atoms with van der Waals surface area (Å²) in [6.07, 6.45) is 0. The van der Waals surface area contributed by atoms with Gasteiger partial charge < -0.3 is 4.90 Å². The molecule has 4 aromatic rings. The summed E-state index contributed by atoms with van der Waals surface area (Å²) in [5, 5.41) is 15.0. The molecule has 32 heavy (non-hydrogen) atoms. The van der Waals surface area contributed by atoms with Gasteiger partial charge in [-0.15, -0.1) is 16.4 Å². The second-order valence-electron chi connectivity index (χ2n) is 8.34. The van der Waals surface area contributed by atoms with Crippen LogP contribution >= 0.6 is 11.3 Å². The first-order valence-corrected chi connectivity index (χ1v) is 12.0. The molecule has 1 unspecified atom stereocenters. The van der Waals surface area contributed by atoms with Crippen molar-refractivity contribution in [2.45, 2.75) is 26.4 Å². The molecule has 1 atom stereocenters. The van der Waals surface area contributed by atoms with Gasteiger partial charge in [0.1, 0.15) is 6.04 Å². The van der Waals surface area contributed by atoms with Crippen molar-refractivity contribution in [3.05, 3.63) is 93.4 Å². The quantitative estimate of drug-likeness (QED) is 0.444. The standard InChI is InChI=1S/C25H28N6S/c1-19-8-6-11-22(20(19)2)29-13-15-30(16-14-29)24(23-12-7-17-32-23)25-26-27-28-31(25)18-21-9-4-3-5-10-21/h3-12,17,24H,13-16,18H2,1-2H3. The Morgan fingerprint density at radius 2 is 1.72 bits per heavy atom. The lowest BCUT2D eigenvalue weighted by atomic mass is 10.1. The van der Waals surface area contributed by atoms with E-state index in [0.717, 1.165) is 32.0 Å². The molecule has 2 aromatic heterocycles. The zero-order valence-corrected chi connectivity index (χ0v) is 19.4. The summed E-state index contributed by atoms with van der Waals surface area (Å²) < 4.78 is 1.96. The fourth-order valence-corrected chi connectivity index (χ4v) is 5.35. The van der Waals surface area contributed by atoms with Crippen LogP contribution in [-0.2, 0) is 6.54 Å². The number of piperazine rings is 1. The van der Waals surface area contributed by atoms with Crippen LogP contribution in [0.15, 0.2) is 66.0 Å². The minimum Gasteiger partial charge on any atom is -0.369 e. The van der Waals surface area contributed by atoms with Crippen LogP contribution in [0.25, 0.3) is 0 Å². The summed E-state index contributed by atoms with van der Waals surface area (Å²) in [5.41, 5.74) is 5.28. The number of thiophene rings is 1. The average Bonchev–Trinajstić information content (AvgIpc) is 3.51. The first-order valence-electron chi connectivity index (χ1n) is 11.1. The molecule has 0 amide bonds. The van der Waals surface area contributed by atoms with Crippen molar-refractivity contribution in [1.82, 2.24) is 25.1 Å². The fourth-order valence-electron chi connectivity index (χ4n) is 4.49. The van der Waals surface area contributed by atoms with Crippen molar-refractivity contribution in [3.8, 4) is 0 Å². The number of rotatable bonds is 6. The molecule has 1 saturated heterocycles. The topological polar surface area (TPSA) is 50.1 Å². The number of hydrogen-bond acceptors (Lipinski definition) is 6. The van der Waals surface area contributed by atoms with E-state index in [4.69, 9.17) is 0 Å². The lowest BCUT2D eigenvalue weighted by molar-refractivity contribution is 0.203. The fraction of sp³-hybridized carbons (Fsp3) is 0.320. The molecule has 164 valence electrons. The predicted octanol–water partition coefficient (Wildman–Crippen LogP) is 4.31. The van der Waals surface area contributed by atoms with Crippen molar-refractivity contribution in [3.63, 3.8) is 0 Å². The number of tetrazole rings is 1. The highest BCUT2D eigenvalue weighted by molar-refractivity contribution is 7.10. The van der Waals surface area contributed by atoms with E-state index in [1.54, 1.807) is 11.3 Å². The molecule has 3 heterocycles. The molecule has 1 aliphatic rings. The predicted molar refractivity (Wildman–Crippen MR) is 129 cm³/mol. The maximum atomic E-state index is 4.50. The Morgan fingerprint density at radius 1 is 0.906 bits per heavy atom. The SMILES string of the molecule is Cc1cccc(N2CCN(C(c3cccs3)c3nnnn3Cc3ccccc3)CC2)c1C. The van der Waals surface area contributed by atoms with E-state index >= 15 is 0 Å². The molecular formula is C25H28N6S. The Kier molecular flexibility index (Phi) is 6.01. The van der Waals surface area contributed by atoms with Gasteiger partial charge in [0.2, 0.25) is 0 Å². The van der Waals surface area contributed by atoms with Crippen molar-refractivity contribution in [2.75, 3.05) is 31.1 Å². The van der Waals surface area contributed by atoms with Gasteiger partial charge in [-0.3, -0.25) is 4.90 Å². The van der Waals surface area contributed by atoms with Gasteiger partial charge in [0, 0.05) is 36.7 Å². The van der Waals surface area contributed by atoms with E-state index in [1.165, 1.54) is 27.3 Å². The van der Waals surface area contributed by atoms with Gasteiger partial charge >= 0.3 is 0 Å². The Bertz CT molecular complexity index is 1150. The Hall–Kier alpha value is -3.03. The molecule has 6 nitrogen and oxygen atoms in total. The Labute approximate surface area is 193 Å². The van der Waals surface area contributed by atoms with Gasteiger partial charge in [0.05, 0.1) is 6.54 Å². The van der Waals surface area contributed by atoms with E-state index in [0.29, 0.717) is 6.54 Å². The second kappa shape index (κ2) is 9.22. The summed E-state index contributed by atoms with van der Waals surface area (Å²) in [5.74, 6) is 0.913. The summed E-state index contributed by atoms with van der Waals surface area (Å²) >= 11 is 1.78. The molecule has 1 fully saturated rings. The molecule has 0 radical (unpaired) electrons. The third-order valence-corrected chi connectivity index (χ3v) is 7.31. The number of anilines is 1. The number of nitrogens with zero attached hydrogens (tertiary/aromatic N) is 6. The first-order chi connectivity index (χ1) is 15.7. The van der Waals surface area contributed by atoms with Crippen LogP contribution in [0.1, 0.15) is 33.4 Å². The van der Waals surface area contributed by atoms with Gasteiger partial charge in [-0.05, 0) is 58.5 Å².